The van der Waals surface area contributed by atoms with Gasteiger partial charge >= 0.3 is 0 Å². The highest BCUT2D eigenvalue weighted by Crippen LogP contribution is 2.29. The average molecular weight is 215 g/mol. The van der Waals surface area contributed by atoms with Crippen LogP contribution >= 0.6 is 0 Å². The van der Waals surface area contributed by atoms with E-state index in [0.29, 0.717) is 19.3 Å². The molecule has 0 amide bonds. The number of rotatable bonds is 8. The number of nitrogens with one attached hydrogen (secondary N) is 1. The van der Waals surface area contributed by atoms with Crippen LogP contribution in [0.4, 0.5) is 0 Å². The highest BCUT2D eigenvalue weighted by atomic mass is 16.7. The fraction of sp³-hybridized carbons (Fsp3) is 1.00. The van der Waals surface area contributed by atoms with Gasteiger partial charge in [-0.25, -0.2) is 0 Å². The second-order valence-electron chi connectivity index (χ2n) is 4.23. The zero-order chi connectivity index (χ0) is 11.1. The van der Waals surface area contributed by atoms with Gasteiger partial charge in [0.15, 0.2) is 6.29 Å². The zero-order valence-corrected chi connectivity index (χ0v) is 10.3. The van der Waals surface area contributed by atoms with E-state index >= 15 is 0 Å². The third-order valence-electron chi connectivity index (χ3n) is 3.17. The summed E-state index contributed by atoms with van der Waals surface area (Å²) in [5.74, 6) is 0.869. The first-order valence-electron chi connectivity index (χ1n) is 6.24. The fourth-order valence-electron chi connectivity index (χ4n) is 1.93. The largest absolute Gasteiger partial charge is 0.352 e. The highest BCUT2D eigenvalue weighted by molar-refractivity contribution is 4.79. The van der Waals surface area contributed by atoms with Gasteiger partial charge in [0.25, 0.3) is 0 Å². The van der Waals surface area contributed by atoms with E-state index in [1.807, 2.05) is 13.8 Å². The molecule has 0 radical (unpaired) electrons. The molecule has 3 heteroatoms. The Morgan fingerprint density at radius 2 is 1.80 bits per heavy atom. The van der Waals surface area contributed by atoms with Gasteiger partial charge in [0.2, 0.25) is 0 Å². The van der Waals surface area contributed by atoms with Crippen LogP contribution < -0.4 is 5.32 Å². The van der Waals surface area contributed by atoms with Gasteiger partial charge < -0.3 is 14.8 Å². The molecule has 90 valence electrons. The van der Waals surface area contributed by atoms with Crippen LogP contribution in [-0.4, -0.2) is 32.1 Å². The van der Waals surface area contributed by atoms with Gasteiger partial charge in [-0.2, -0.15) is 0 Å². The molecule has 0 aromatic rings. The normalized spacial score (nSPS) is 19.2. The maximum absolute atomic E-state index is 5.48. The molecule has 1 rings (SSSR count). The topological polar surface area (TPSA) is 30.5 Å². The standard InChI is InChI=1S/C12H25NO2/c1-4-14-12(15-5-2)9-13-10(3)11-7-6-8-11/h10-13H,4-9H2,1-3H3. The molecule has 0 aromatic heterocycles. The highest BCUT2D eigenvalue weighted by Gasteiger charge is 2.24. The van der Waals surface area contributed by atoms with Crippen LogP contribution in [0, 0.1) is 5.92 Å². The minimum Gasteiger partial charge on any atom is -0.352 e. The summed E-state index contributed by atoms with van der Waals surface area (Å²) in [5.41, 5.74) is 0. The summed E-state index contributed by atoms with van der Waals surface area (Å²) in [7, 11) is 0. The lowest BCUT2D eigenvalue weighted by Gasteiger charge is -2.33. The van der Waals surface area contributed by atoms with Gasteiger partial charge in [-0.1, -0.05) is 6.42 Å². The summed E-state index contributed by atoms with van der Waals surface area (Å²) >= 11 is 0. The lowest BCUT2D eigenvalue weighted by Crippen LogP contribution is -2.42. The van der Waals surface area contributed by atoms with Crippen molar-refractivity contribution in [1.82, 2.24) is 5.32 Å². The quantitative estimate of drug-likeness (QED) is 0.629. The first-order chi connectivity index (χ1) is 7.27. The molecule has 0 aliphatic heterocycles. The Kier molecular flexibility index (Phi) is 6.22. The average Bonchev–Trinajstić information content (AvgIpc) is 2.12. The van der Waals surface area contributed by atoms with Crippen molar-refractivity contribution in [3.05, 3.63) is 0 Å². The van der Waals surface area contributed by atoms with Crippen molar-refractivity contribution in [3.63, 3.8) is 0 Å². The summed E-state index contributed by atoms with van der Waals surface area (Å²) in [6.45, 7) is 8.50. The molecule has 1 N–H and O–H groups in total. The molecular weight excluding hydrogens is 190 g/mol. The molecule has 0 aromatic carbocycles. The third kappa shape index (κ3) is 4.49. The van der Waals surface area contributed by atoms with Gasteiger partial charge in [-0.3, -0.25) is 0 Å². The van der Waals surface area contributed by atoms with Crippen molar-refractivity contribution in [3.8, 4) is 0 Å². The van der Waals surface area contributed by atoms with Gasteiger partial charge in [0.05, 0.1) is 0 Å². The Morgan fingerprint density at radius 3 is 2.20 bits per heavy atom. The molecule has 1 unspecified atom stereocenters. The van der Waals surface area contributed by atoms with Gasteiger partial charge in [-0.05, 0) is 39.5 Å². The van der Waals surface area contributed by atoms with E-state index in [0.717, 1.165) is 12.5 Å². The van der Waals surface area contributed by atoms with Crippen molar-refractivity contribution >= 4 is 0 Å². The lowest BCUT2D eigenvalue weighted by atomic mass is 9.80. The third-order valence-corrected chi connectivity index (χ3v) is 3.17. The van der Waals surface area contributed by atoms with E-state index in [-0.39, 0.29) is 6.29 Å². The maximum Gasteiger partial charge on any atom is 0.169 e. The lowest BCUT2D eigenvalue weighted by molar-refractivity contribution is -0.134. The van der Waals surface area contributed by atoms with Gasteiger partial charge in [0.1, 0.15) is 0 Å². The first-order valence-corrected chi connectivity index (χ1v) is 6.24. The molecule has 1 aliphatic rings. The molecule has 1 fully saturated rings. The molecule has 0 saturated heterocycles. The zero-order valence-electron chi connectivity index (χ0n) is 10.3. The van der Waals surface area contributed by atoms with Gasteiger partial charge in [-0.15, -0.1) is 0 Å². The Hall–Kier alpha value is -0.120. The van der Waals surface area contributed by atoms with Crippen molar-refractivity contribution in [2.45, 2.75) is 52.4 Å². The van der Waals surface area contributed by atoms with Crippen LogP contribution in [0.25, 0.3) is 0 Å². The molecule has 0 bridgehead atoms. The van der Waals surface area contributed by atoms with Crippen molar-refractivity contribution < 1.29 is 9.47 Å². The SMILES string of the molecule is CCOC(CNC(C)C1CCC1)OCC. The van der Waals surface area contributed by atoms with Crippen LogP contribution in [0.1, 0.15) is 40.0 Å². The smallest absolute Gasteiger partial charge is 0.169 e. The Balaban J connectivity index is 2.13. The number of hydrogen-bond donors (Lipinski definition) is 1. The van der Waals surface area contributed by atoms with Crippen LogP contribution in [0.15, 0.2) is 0 Å². The van der Waals surface area contributed by atoms with Crippen LogP contribution in [0.5, 0.6) is 0 Å². The summed E-state index contributed by atoms with van der Waals surface area (Å²) in [6.07, 6.45) is 4.07. The van der Waals surface area contributed by atoms with Gasteiger partial charge in [0, 0.05) is 25.8 Å². The predicted octanol–water partition coefficient (Wildman–Crippen LogP) is 2.16. The molecular formula is C12H25NO2. The van der Waals surface area contributed by atoms with E-state index < -0.39 is 0 Å². The van der Waals surface area contributed by atoms with Crippen molar-refractivity contribution in [1.29, 1.82) is 0 Å². The first kappa shape index (κ1) is 12.9. The van der Waals surface area contributed by atoms with Crippen LogP contribution in [0.3, 0.4) is 0 Å². The number of ether oxygens (including phenoxy) is 2. The monoisotopic (exact) mass is 215 g/mol. The van der Waals surface area contributed by atoms with E-state index in [9.17, 15) is 0 Å². The van der Waals surface area contributed by atoms with E-state index in [1.54, 1.807) is 0 Å². The Morgan fingerprint density at radius 1 is 1.20 bits per heavy atom. The van der Waals surface area contributed by atoms with Crippen LogP contribution in [0.2, 0.25) is 0 Å². The molecule has 1 saturated carbocycles. The van der Waals surface area contributed by atoms with Crippen molar-refractivity contribution in [2.75, 3.05) is 19.8 Å². The van der Waals surface area contributed by atoms with E-state index in [4.69, 9.17) is 9.47 Å². The molecule has 3 nitrogen and oxygen atoms in total. The minimum atomic E-state index is -0.0810. The molecule has 15 heavy (non-hydrogen) atoms. The fourth-order valence-corrected chi connectivity index (χ4v) is 1.93. The maximum atomic E-state index is 5.48. The second kappa shape index (κ2) is 7.20. The number of hydrogen-bond acceptors (Lipinski definition) is 3. The summed E-state index contributed by atoms with van der Waals surface area (Å²) in [4.78, 5) is 0. The summed E-state index contributed by atoms with van der Waals surface area (Å²) < 4.78 is 11.0. The van der Waals surface area contributed by atoms with E-state index in [2.05, 4.69) is 12.2 Å². The molecule has 0 heterocycles. The van der Waals surface area contributed by atoms with Crippen molar-refractivity contribution in [2.24, 2.45) is 5.92 Å². The summed E-state index contributed by atoms with van der Waals surface area (Å²) in [5, 5.41) is 3.50. The van der Waals surface area contributed by atoms with E-state index in [1.165, 1.54) is 19.3 Å². The Bertz CT molecular complexity index is 154. The summed E-state index contributed by atoms with van der Waals surface area (Å²) in [6, 6.07) is 0.599. The molecule has 1 aliphatic carbocycles. The minimum absolute atomic E-state index is 0.0810. The second-order valence-corrected chi connectivity index (χ2v) is 4.23. The van der Waals surface area contributed by atoms with Crippen LogP contribution in [-0.2, 0) is 9.47 Å². The Labute approximate surface area is 93.5 Å². The molecule has 0 spiro atoms. The predicted molar refractivity (Wildman–Crippen MR) is 61.8 cm³/mol. The molecule has 1 atom stereocenters.